The molecule has 0 radical (unpaired) electrons. The Balaban J connectivity index is 0.00000180. The van der Waals surface area contributed by atoms with Crippen LogP contribution in [0.2, 0.25) is 0 Å². The molecule has 1 aliphatic carbocycles. The average Bonchev–Trinajstić information content (AvgIpc) is 3.23. The van der Waals surface area contributed by atoms with Crippen LogP contribution in [0.5, 0.6) is 0 Å². The molecule has 1 atom stereocenters. The van der Waals surface area contributed by atoms with Crippen LogP contribution in [0, 0.1) is 5.82 Å². The van der Waals surface area contributed by atoms with Gasteiger partial charge in [0.25, 0.3) is 5.56 Å². The quantitative estimate of drug-likeness (QED) is 0.614. The number of hydrogen-bond donors (Lipinski definition) is 2. The van der Waals surface area contributed by atoms with E-state index in [9.17, 15) is 14.0 Å². The minimum absolute atomic E-state index is 0. The minimum Gasteiger partial charge on any atom is -0.367 e. The summed E-state index contributed by atoms with van der Waals surface area (Å²) in [5.74, 6) is -0.503. The molecule has 1 saturated carbocycles. The zero-order chi connectivity index (χ0) is 18.2. The number of aromatic amines is 1. The van der Waals surface area contributed by atoms with Gasteiger partial charge in [-0.05, 0) is 41.3 Å². The Bertz CT molecular complexity index is 1180. The summed E-state index contributed by atoms with van der Waals surface area (Å²) >= 11 is 3.52. The van der Waals surface area contributed by atoms with Gasteiger partial charge in [0.1, 0.15) is 5.82 Å². The summed E-state index contributed by atoms with van der Waals surface area (Å²) in [7, 11) is 0. The van der Waals surface area contributed by atoms with Crippen LogP contribution >= 0.6 is 28.3 Å². The van der Waals surface area contributed by atoms with Crippen LogP contribution in [0.3, 0.4) is 0 Å². The van der Waals surface area contributed by atoms with Crippen LogP contribution in [0.4, 0.5) is 10.1 Å². The Kier molecular flexibility index (Phi) is 4.36. The second kappa shape index (κ2) is 6.35. The van der Waals surface area contributed by atoms with E-state index in [1.165, 1.54) is 6.07 Å². The van der Waals surface area contributed by atoms with Gasteiger partial charge in [-0.15, -0.1) is 12.4 Å². The summed E-state index contributed by atoms with van der Waals surface area (Å²) in [6.07, 6.45) is 2.61. The predicted molar refractivity (Wildman–Crippen MR) is 107 cm³/mol. The number of anilines is 1. The van der Waals surface area contributed by atoms with E-state index in [1.807, 2.05) is 9.47 Å². The minimum atomic E-state index is -0.590. The third-order valence-electron chi connectivity index (χ3n) is 5.23. The Labute approximate surface area is 166 Å². The molecule has 5 rings (SSSR count). The average molecular weight is 460 g/mol. The molecule has 3 aromatic rings. The lowest BCUT2D eigenvalue weighted by molar-refractivity contribution is 0.428. The number of pyridine rings is 1. The van der Waals surface area contributed by atoms with E-state index < -0.39 is 16.8 Å². The third kappa shape index (κ3) is 2.63. The Morgan fingerprint density at radius 2 is 2.04 bits per heavy atom. The van der Waals surface area contributed by atoms with Crippen molar-refractivity contribution in [2.45, 2.75) is 31.3 Å². The topological polar surface area (TPSA) is 97.3 Å². The molecule has 3 N–H and O–H groups in total. The second-order valence-corrected chi connectivity index (χ2v) is 7.85. The zero-order valence-corrected chi connectivity index (χ0v) is 16.5. The summed E-state index contributed by atoms with van der Waals surface area (Å²) in [5, 5.41) is 2.35. The Hall–Kier alpha value is -1.84. The molecule has 10 heteroatoms. The van der Waals surface area contributed by atoms with Gasteiger partial charge in [0, 0.05) is 25.2 Å². The number of nitrogens with zero attached hydrogens (tertiary/aromatic N) is 2. The number of H-pyrrole nitrogens is 1. The summed E-state index contributed by atoms with van der Waals surface area (Å²) in [4.78, 5) is 26.8. The van der Waals surface area contributed by atoms with E-state index in [2.05, 4.69) is 21.1 Å². The number of aromatic nitrogens is 2. The van der Waals surface area contributed by atoms with E-state index in [4.69, 9.17) is 10.3 Å². The highest BCUT2D eigenvalue weighted by Crippen LogP contribution is 2.44. The standard InChI is InChI=1S/C17H16BrFN4O3.ClH/c18-12-13-9(5-10(19)14(12)22-4-3-7(20)6-22)15(24)11-16(25)21-26-17(11)23(13)8-1-2-8;/h5,7-8H,1-4,6,20H2,(H,21,25);1H. The molecule has 1 aliphatic heterocycles. The van der Waals surface area contributed by atoms with Gasteiger partial charge in [0.05, 0.1) is 21.1 Å². The fraction of sp³-hybridized carbons (Fsp3) is 0.412. The van der Waals surface area contributed by atoms with E-state index in [0.29, 0.717) is 28.8 Å². The zero-order valence-electron chi connectivity index (χ0n) is 14.1. The smallest absolute Gasteiger partial charge is 0.293 e. The molecule has 0 amide bonds. The van der Waals surface area contributed by atoms with Crippen LogP contribution in [0.15, 0.2) is 24.7 Å². The molecule has 0 spiro atoms. The number of hydrogen-bond acceptors (Lipinski definition) is 5. The lowest BCUT2D eigenvalue weighted by atomic mass is 10.1. The monoisotopic (exact) mass is 458 g/mol. The molecule has 27 heavy (non-hydrogen) atoms. The first-order valence-corrected chi connectivity index (χ1v) is 9.34. The molecule has 2 aliphatic rings. The molecule has 2 fully saturated rings. The van der Waals surface area contributed by atoms with Gasteiger partial charge in [-0.2, -0.15) is 5.16 Å². The summed E-state index contributed by atoms with van der Waals surface area (Å²) < 4.78 is 22.6. The third-order valence-corrected chi connectivity index (χ3v) is 5.99. The molecule has 1 aromatic carbocycles. The maximum Gasteiger partial charge on any atom is 0.293 e. The van der Waals surface area contributed by atoms with Crippen molar-refractivity contribution >= 4 is 56.0 Å². The molecular formula is C17H17BrClFN4O3. The van der Waals surface area contributed by atoms with Crippen molar-refractivity contribution < 1.29 is 8.91 Å². The number of nitrogens with one attached hydrogen (secondary N) is 1. The van der Waals surface area contributed by atoms with Crippen molar-refractivity contribution in [1.82, 2.24) is 9.72 Å². The number of benzene rings is 1. The molecule has 2 aromatic heterocycles. The van der Waals surface area contributed by atoms with Crippen molar-refractivity contribution in [3.05, 3.63) is 36.9 Å². The van der Waals surface area contributed by atoms with Crippen molar-refractivity contribution in [3.8, 4) is 0 Å². The molecule has 1 unspecified atom stereocenters. The Morgan fingerprint density at radius 1 is 1.30 bits per heavy atom. The van der Waals surface area contributed by atoms with Gasteiger partial charge < -0.3 is 19.7 Å². The van der Waals surface area contributed by atoms with Crippen LogP contribution in [0.25, 0.3) is 22.0 Å². The second-order valence-electron chi connectivity index (χ2n) is 7.06. The van der Waals surface area contributed by atoms with Crippen LogP contribution in [0.1, 0.15) is 25.3 Å². The lowest BCUT2D eigenvalue weighted by Gasteiger charge is -2.23. The van der Waals surface area contributed by atoms with Crippen LogP contribution in [-0.4, -0.2) is 28.9 Å². The van der Waals surface area contributed by atoms with Crippen molar-refractivity contribution in [1.29, 1.82) is 0 Å². The van der Waals surface area contributed by atoms with Gasteiger partial charge >= 0.3 is 0 Å². The lowest BCUT2D eigenvalue weighted by Crippen LogP contribution is -2.27. The van der Waals surface area contributed by atoms with Gasteiger partial charge in [-0.1, -0.05) is 0 Å². The van der Waals surface area contributed by atoms with Crippen molar-refractivity contribution in [2.75, 3.05) is 18.0 Å². The first-order chi connectivity index (χ1) is 12.5. The highest BCUT2D eigenvalue weighted by atomic mass is 79.9. The molecule has 3 heterocycles. The van der Waals surface area contributed by atoms with Gasteiger partial charge in [0.15, 0.2) is 5.39 Å². The fourth-order valence-electron chi connectivity index (χ4n) is 3.87. The summed E-state index contributed by atoms with van der Waals surface area (Å²) in [5.41, 5.74) is 6.04. The van der Waals surface area contributed by atoms with E-state index in [0.717, 1.165) is 19.3 Å². The normalized spacial score (nSPS) is 19.8. The first kappa shape index (κ1) is 18.5. The number of fused-ring (bicyclic) bond motifs is 2. The number of halogens is 3. The molecular weight excluding hydrogens is 443 g/mol. The highest BCUT2D eigenvalue weighted by molar-refractivity contribution is 9.10. The highest BCUT2D eigenvalue weighted by Gasteiger charge is 2.33. The van der Waals surface area contributed by atoms with Gasteiger partial charge in [-0.3, -0.25) is 9.59 Å². The van der Waals surface area contributed by atoms with Gasteiger partial charge in [-0.25, -0.2) is 4.39 Å². The summed E-state index contributed by atoms with van der Waals surface area (Å²) in [6, 6.07) is 1.34. The Morgan fingerprint density at radius 3 is 2.67 bits per heavy atom. The van der Waals surface area contributed by atoms with Crippen molar-refractivity contribution in [3.63, 3.8) is 0 Å². The van der Waals surface area contributed by atoms with Crippen LogP contribution < -0.4 is 21.6 Å². The summed E-state index contributed by atoms with van der Waals surface area (Å²) in [6.45, 7) is 1.20. The molecule has 7 nitrogen and oxygen atoms in total. The molecule has 0 bridgehead atoms. The van der Waals surface area contributed by atoms with Crippen LogP contribution in [-0.2, 0) is 0 Å². The van der Waals surface area contributed by atoms with E-state index in [-0.39, 0.29) is 41.0 Å². The van der Waals surface area contributed by atoms with E-state index >= 15 is 0 Å². The van der Waals surface area contributed by atoms with E-state index in [1.54, 1.807) is 0 Å². The van der Waals surface area contributed by atoms with Crippen molar-refractivity contribution in [2.24, 2.45) is 5.73 Å². The maximum atomic E-state index is 14.9. The maximum absolute atomic E-state index is 14.9. The SMILES string of the molecule is Cl.NC1CCN(c2c(F)cc3c(=O)c4c(=O)[nH]oc4n(C4CC4)c3c2Br)C1. The number of rotatable bonds is 2. The molecule has 1 saturated heterocycles. The first-order valence-electron chi connectivity index (χ1n) is 8.55. The molecule has 144 valence electrons. The number of nitrogens with two attached hydrogens (primary N) is 1. The fourth-order valence-corrected chi connectivity index (χ4v) is 4.71. The largest absolute Gasteiger partial charge is 0.367 e. The predicted octanol–water partition coefficient (Wildman–Crippen LogP) is 2.63. The van der Waals surface area contributed by atoms with Gasteiger partial charge in [0.2, 0.25) is 11.1 Å².